The van der Waals surface area contributed by atoms with E-state index >= 15 is 0 Å². The van der Waals surface area contributed by atoms with Crippen LogP contribution in [0.25, 0.3) is 0 Å². The summed E-state index contributed by atoms with van der Waals surface area (Å²) in [5.41, 5.74) is 1.24. The smallest absolute Gasteiger partial charge is 0.251 e. The molecule has 0 bridgehead atoms. The van der Waals surface area contributed by atoms with Crippen molar-refractivity contribution in [3.05, 3.63) is 57.3 Å². The summed E-state index contributed by atoms with van der Waals surface area (Å²) in [4.78, 5) is 11.9. The molecule has 1 aromatic heterocycles. The number of aromatic nitrogens is 2. The second-order valence-corrected chi connectivity index (χ2v) is 4.79. The van der Waals surface area contributed by atoms with Crippen molar-refractivity contribution in [2.45, 2.75) is 6.54 Å². The minimum absolute atomic E-state index is 0.182. The Kier molecular flexibility index (Phi) is 4.28. The van der Waals surface area contributed by atoms with Crippen molar-refractivity contribution in [1.29, 1.82) is 0 Å². The zero-order valence-corrected chi connectivity index (χ0v) is 11.6. The number of hydrogen-bond acceptors (Lipinski definition) is 3. The molecule has 1 N–H and O–H groups in total. The first-order valence-corrected chi connectivity index (χ1v) is 6.34. The third kappa shape index (κ3) is 3.27. The highest BCUT2D eigenvalue weighted by Crippen LogP contribution is 2.23. The van der Waals surface area contributed by atoms with E-state index < -0.39 is 0 Å². The van der Waals surface area contributed by atoms with Gasteiger partial charge in [-0.1, -0.05) is 11.6 Å². The van der Waals surface area contributed by atoms with Crippen molar-refractivity contribution in [2.24, 2.45) is 0 Å². The van der Waals surface area contributed by atoms with Crippen LogP contribution in [0.4, 0.5) is 0 Å². The normalized spacial score (nSPS) is 10.1. The Morgan fingerprint density at radius 2 is 2.22 bits per heavy atom. The molecule has 0 aliphatic carbocycles. The fourth-order valence-electron chi connectivity index (χ4n) is 1.34. The highest BCUT2D eigenvalue weighted by molar-refractivity contribution is 9.10. The van der Waals surface area contributed by atoms with Crippen LogP contribution in [0.1, 0.15) is 16.1 Å². The number of rotatable bonds is 3. The standard InChI is InChI=1S/C12H9BrClN3O/c13-10-6-8(3-4-11(10)14)12(18)15-7-9-2-1-5-16-17-9/h1-6H,7H2,(H,15,18). The summed E-state index contributed by atoms with van der Waals surface area (Å²) in [6, 6.07) is 8.58. The van der Waals surface area contributed by atoms with E-state index in [4.69, 9.17) is 11.6 Å². The molecule has 0 unspecified atom stereocenters. The molecule has 0 aliphatic heterocycles. The monoisotopic (exact) mass is 325 g/mol. The summed E-state index contributed by atoms with van der Waals surface area (Å²) in [7, 11) is 0. The zero-order valence-electron chi connectivity index (χ0n) is 9.23. The summed E-state index contributed by atoms with van der Waals surface area (Å²) in [5, 5.41) is 10.9. The van der Waals surface area contributed by atoms with E-state index in [9.17, 15) is 4.79 Å². The van der Waals surface area contributed by atoms with Gasteiger partial charge in [0.25, 0.3) is 5.91 Å². The van der Waals surface area contributed by atoms with Crippen molar-refractivity contribution in [1.82, 2.24) is 15.5 Å². The molecular weight excluding hydrogens is 318 g/mol. The lowest BCUT2D eigenvalue weighted by Gasteiger charge is -2.05. The zero-order chi connectivity index (χ0) is 13.0. The van der Waals surface area contributed by atoms with Gasteiger partial charge in [-0.3, -0.25) is 4.79 Å². The second-order valence-electron chi connectivity index (χ2n) is 3.53. The van der Waals surface area contributed by atoms with Crippen molar-refractivity contribution >= 4 is 33.4 Å². The molecule has 1 aromatic carbocycles. The van der Waals surface area contributed by atoms with Gasteiger partial charge in [0.05, 0.1) is 17.3 Å². The van der Waals surface area contributed by atoms with Crippen LogP contribution in [0.3, 0.4) is 0 Å². The van der Waals surface area contributed by atoms with Crippen molar-refractivity contribution < 1.29 is 4.79 Å². The first-order valence-electron chi connectivity index (χ1n) is 5.16. The predicted molar refractivity (Wildman–Crippen MR) is 72.4 cm³/mol. The fourth-order valence-corrected chi connectivity index (χ4v) is 1.83. The molecule has 18 heavy (non-hydrogen) atoms. The first kappa shape index (κ1) is 13.0. The largest absolute Gasteiger partial charge is 0.346 e. The van der Waals surface area contributed by atoms with Gasteiger partial charge in [0.1, 0.15) is 0 Å². The molecule has 92 valence electrons. The molecule has 0 atom stereocenters. The molecule has 0 spiro atoms. The molecular formula is C12H9BrClN3O. The SMILES string of the molecule is O=C(NCc1cccnn1)c1ccc(Cl)c(Br)c1. The van der Waals surface area contributed by atoms with Crippen LogP contribution < -0.4 is 5.32 Å². The van der Waals surface area contributed by atoms with E-state index in [1.807, 2.05) is 0 Å². The maximum atomic E-state index is 11.9. The van der Waals surface area contributed by atoms with Crippen LogP contribution in [0, 0.1) is 0 Å². The van der Waals surface area contributed by atoms with E-state index in [1.54, 1.807) is 36.5 Å². The molecule has 0 radical (unpaired) electrons. The van der Waals surface area contributed by atoms with E-state index in [2.05, 4.69) is 31.4 Å². The van der Waals surface area contributed by atoms with Gasteiger partial charge in [0, 0.05) is 16.2 Å². The van der Waals surface area contributed by atoms with E-state index in [0.717, 1.165) is 0 Å². The van der Waals surface area contributed by atoms with Gasteiger partial charge in [0.2, 0.25) is 0 Å². The summed E-state index contributed by atoms with van der Waals surface area (Å²) in [6.07, 6.45) is 1.58. The predicted octanol–water partition coefficient (Wildman–Crippen LogP) is 2.82. The quantitative estimate of drug-likeness (QED) is 0.943. The molecule has 1 amide bonds. The molecule has 0 aliphatic rings. The average Bonchev–Trinajstić information content (AvgIpc) is 2.40. The van der Waals surface area contributed by atoms with Crippen LogP contribution in [0.2, 0.25) is 5.02 Å². The number of nitrogens with one attached hydrogen (secondary N) is 1. The Labute approximate surface area is 118 Å². The van der Waals surface area contributed by atoms with Crippen molar-refractivity contribution in [3.63, 3.8) is 0 Å². The second kappa shape index (κ2) is 5.93. The topological polar surface area (TPSA) is 54.9 Å². The Morgan fingerprint density at radius 3 is 2.89 bits per heavy atom. The van der Waals surface area contributed by atoms with E-state index in [-0.39, 0.29) is 5.91 Å². The summed E-state index contributed by atoms with van der Waals surface area (Å²) < 4.78 is 0.691. The Balaban J connectivity index is 2.02. The lowest BCUT2D eigenvalue weighted by atomic mass is 10.2. The maximum absolute atomic E-state index is 11.9. The minimum Gasteiger partial charge on any atom is -0.346 e. The minimum atomic E-state index is -0.182. The van der Waals surface area contributed by atoms with Gasteiger partial charge in [-0.05, 0) is 46.3 Å². The molecule has 2 aromatic rings. The third-order valence-corrected chi connectivity index (χ3v) is 3.45. The number of benzene rings is 1. The first-order chi connectivity index (χ1) is 8.66. The summed E-state index contributed by atoms with van der Waals surface area (Å²) >= 11 is 9.14. The number of hydrogen-bond donors (Lipinski definition) is 1. The van der Waals surface area contributed by atoms with Crippen molar-refractivity contribution in [2.75, 3.05) is 0 Å². The Morgan fingerprint density at radius 1 is 1.39 bits per heavy atom. The fraction of sp³-hybridized carbons (Fsp3) is 0.0833. The van der Waals surface area contributed by atoms with E-state index in [1.165, 1.54) is 0 Å². The molecule has 0 saturated carbocycles. The Bertz CT molecular complexity index is 563. The molecule has 6 heteroatoms. The Hall–Kier alpha value is -1.46. The molecule has 4 nitrogen and oxygen atoms in total. The molecule has 0 saturated heterocycles. The van der Waals surface area contributed by atoms with Crippen LogP contribution >= 0.6 is 27.5 Å². The molecule has 1 heterocycles. The highest BCUT2D eigenvalue weighted by Gasteiger charge is 2.07. The molecule has 0 fully saturated rings. The van der Waals surface area contributed by atoms with Gasteiger partial charge < -0.3 is 5.32 Å². The average molecular weight is 327 g/mol. The van der Waals surface area contributed by atoms with Crippen molar-refractivity contribution in [3.8, 4) is 0 Å². The van der Waals surface area contributed by atoms with Crippen LogP contribution in [0.15, 0.2) is 41.0 Å². The summed E-state index contributed by atoms with van der Waals surface area (Å²) in [5.74, 6) is -0.182. The van der Waals surface area contributed by atoms with Gasteiger partial charge in [0.15, 0.2) is 0 Å². The summed E-state index contributed by atoms with van der Waals surface area (Å²) in [6.45, 7) is 0.340. The number of carbonyl (C=O) groups is 1. The van der Waals surface area contributed by atoms with Crippen LogP contribution in [-0.2, 0) is 6.54 Å². The third-order valence-electron chi connectivity index (χ3n) is 2.24. The molecule has 2 rings (SSSR count). The lowest BCUT2D eigenvalue weighted by molar-refractivity contribution is 0.0950. The van der Waals surface area contributed by atoms with Gasteiger partial charge in [-0.25, -0.2) is 0 Å². The number of halogens is 2. The number of amides is 1. The van der Waals surface area contributed by atoms with Crippen LogP contribution in [-0.4, -0.2) is 16.1 Å². The number of carbonyl (C=O) groups excluding carboxylic acids is 1. The maximum Gasteiger partial charge on any atom is 0.251 e. The van der Waals surface area contributed by atoms with Gasteiger partial charge >= 0.3 is 0 Å². The highest BCUT2D eigenvalue weighted by atomic mass is 79.9. The number of nitrogens with zero attached hydrogens (tertiary/aromatic N) is 2. The van der Waals surface area contributed by atoms with Gasteiger partial charge in [-0.15, -0.1) is 0 Å². The van der Waals surface area contributed by atoms with Gasteiger partial charge in [-0.2, -0.15) is 10.2 Å². The van der Waals surface area contributed by atoms with E-state index in [0.29, 0.717) is 27.3 Å². The van der Waals surface area contributed by atoms with Crippen LogP contribution in [0.5, 0.6) is 0 Å². The lowest BCUT2D eigenvalue weighted by Crippen LogP contribution is -2.23.